The van der Waals surface area contributed by atoms with E-state index >= 15 is 0 Å². The van der Waals surface area contributed by atoms with Gasteiger partial charge in [0, 0.05) is 5.57 Å². The van der Waals surface area contributed by atoms with Crippen LogP contribution in [0.2, 0.25) is 0 Å². The summed E-state index contributed by atoms with van der Waals surface area (Å²) in [6, 6.07) is 0. The minimum Gasteiger partial charge on any atom is -0.462 e. The van der Waals surface area contributed by atoms with Crippen LogP contribution in [0.1, 0.15) is 13.8 Å². The Morgan fingerprint density at radius 2 is 1.80 bits per heavy atom. The van der Waals surface area contributed by atoms with Crippen molar-refractivity contribution in [3.05, 3.63) is 23.7 Å². The van der Waals surface area contributed by atoms with E-state index in [1.54, 1.807) is 0 Å². The molecule has 0 N–H and O–H groups in total. The Morgan fingerprint density at radius 1 is 1.30 bits per heavy atom. The SMILES string of the molecule is C=C(C)C(C)=C1OCCO1. The van der Waals surface area contributed by atoms with Gasteiger partial charge in [0.2, 0.25) is 0 Å². The van der Waals surface area contributed by atoms with Crippen LogP contribution in [0.3, 0.4) is 0 Å². The lowest BCUT2D eigenvalue weighted by atomic mass is 10.2. The van der Waals surface area contributed by atoms with Crippen LogP contribution in [0.15, 0.2) is 23.7 Å². The Morgan fingerprint density at radius 3 is 2.20 bits per heavy atom. The largest absolute Gasteiger partial charge is 0.462 e. The minimum atomic E-state index is 0.646. The molecule has 0 atom stereocenters. The van der Waals surface area contributed by atoms with E-state index in [9.17, 15) is 0 Å². The highest BCUT2D eigenvalue weighted by Crippen LogP contribution is 2.17. The van der Waals surface area contributed by atoms with Crippen molar-refractivity contribution in [2.24, 2.45) is 0 Å². The zero-order chi connectivity index (χ0) is 7.56. The van der Waals surface area contributed by atoms with Crippen molar-refractivity contribution in [2.45, 2.75) is 13.8 Å². The fraction of sp³-hybridized carbons (Fsp3) is 0.500. The van der Waals surface area contributed by atoms with Gasteiger partial charge in [-0.05, 0) is 19.4 Å². The first-order valence-corrected chi connectivity index (χ1v) is 3.34. The zero-order valence-corrected chi connectivity index (χ0v) is 6.44. The van der Waals surface area contributed by atoms with Crippen LogP contribution in [0.5, 0.6) is 0 Å². The van der Waals surface area contributed by atoms with Crippen LogP contribution in [0.4, 0.5) is 0 Å². The summed E-state index contributed by atoms with van der Waals surface area (Å²) in [6.07, 6.45) is 0. The van der Waals surface area contributed by atoms with Gasteiger partial charge in [0.05, 0.1) is 0 Å². The molecular weight excluding hydrogens is 128 g/mol. The molecule has 56 valence electrons. The molecule has 2 heteroatoms. The first-order chi connectivity index (χ1) is 4.72. The maximum Gasteiger partial charge on any atom is 0.282 e. The lowest BCUT2D eigenvalue weighted by molar-refractivity contribution is 0.171. The van der Waals surface area contributed by atoms with Gasteiger partial charge in [0.25, 0.3) is 5.95 Å². The van der Waals surface area contributed by atoms with Gasteiger partial charge >= 0.3 is 0 Å². The maximum atomic E-state index is 5.17. The lowest BCUT2D eigenvalue weighted by Crippen LogP contribution is -1.88. The first-order valence-electron chi connectivity index (χ1n) is 3.34. The maximum absolute atomic E-state index is 5.17. The van der Waals surface area contributed by atoms with Crippen molar-refractivity contribution in [3.8, 4) is 0 Å². The Labute approximate surface area is 61.1 Å². The third kappa shape index (κ3) is 1.32. The van der Waals surface area contributed by atoms with Crippen LogP contribution in [0.25, 0.3) is 0 Å². The molecule has 1 aliphatic heterocycles. The molecule has 1 aliphatic rings. The van der Waals surface area contributed by atoms with E-state index in [1.165, 1.54) is 0 Å². The highest BCUT2D eigenvalue weighted by Gasteiger charge is 2.11. The summed E-state index contributed by atoms with van der Waals surface area (Å²) in [4.78, 5) is 0. The van der Waals surface area contributed by atoms with Crippen LogP contribution < -0.4 is 0 Å². The average Bonchev–Trinajstić information content (AvgIpc) is 2.36. The molecule has 2 nitrogen and oxygen atoms in total. The summed E-state index contributed by atoms with van der Waals surface area (Å²) in [7, 11) is 0. The average molecular weight is 140 g/mol. The summed E-state index contributed by atoms with van der Waals surface area (Å²) in [5.74, 6) is 0.646. The van der Waals surface area contributed by atoms with E-state index in [2.05, 4.69) is 6.58 Å². The minimum absolute atomic E-state index is 0.646. The van der Waals surface area contributed by atoms with E-state index in [0.29, 0.717) is 19.2 Å². The van der Waals surface area contributed by atoms with Gasteiger partial charge in [-0.2, -0.15) is 0 Å². The fourth-order valence-electron chi connectivity index (χ4n) is 0.701. The molecule has 1 heterocycles. The molecule has 0 saturated carbocycles. The number of hydrogen-bond donors (Lipinski definition) is 0. The smallest absolute Gasteiger partial charge is 0.282 e. The Kier molecular flexibility index (Phi) is 2.00. The molecule has 10 heavy (non-hydrogen) atoms. The molecule has 1 rings (SSSR count). The molecule has 0 bridgehead atoms. The molecule has 0 aromatic carbocycles. The molecule has 0 aliphatic carbocycles. The molecule has 1 fully saturated rings. The van der Waals surface area contributed by atoms with Gasteiger partial charge in [-0.3, -0.25) is 0 Å². The molecule has 0 aromatic heterocycles. The normalized spacial score (nSPS) is 16.0. The number of ether oxygens (including phenoxy) is 2. The molecular formula is C8H12O2. The van der Waals surface area contributed by atoms with E-state index in [4.69, 9.17) is 9.47 Å². The first kappa shape index (κ1) is 7.19. The van der Waals surface area contributed by atoms with Crippen molar-refractivity contribution in [1.29, 1.82) is 0 Å². The molecule has 0 spiro atoms. The van der Waals surface area contributed by atoms with Crippen molar-refractivity contribution in [3.63, 3.8) is 0 Å². The molecule has 0 unspecified atom stereocenters. The Bertz CT molecular complexity index is 172. The van der Waals surface area contributed by atoms with Crippen molar-refractivity contribution in [2.75, 3.05) is 13.2 Å². The highest BCUT2D eigenvalue weighted by molar-refractivity contribution is 5.25. The number of hydrogen-bond acceptors (Lipinski definition) is 2. The molecule has 0 radical (unpaired) electrons. The standard InChI is InChI=1S/C8H12O2/c1-6(2)7(3)8-9-4-5-10-8/h1,4-5H2,2-3H3. The fourth-order valence-corrected chi connectivity index (χ4v) is 0.701. The predicted molar refractivity (Wildman–Crippen MR) is 39.4 cm³/mol. The van der Waals surface area contributed by atoms with Crippen LogP contribution in [0, 0.1) is 0 Å². The highest BCUT2D eigenvalue weighted by atomic mass is 16.7. The monoisotopic (exact) mass is 140 g/mol. The van der Waals surface area contributed by atoms with Gasteiger partial charge in [0.1, 0.15) is 13.2 Å². The van der Waals surface area contributed by atoms with Gasteiger partial charge < -0.3 is 9.47 Å². The third-order valence-electron chi connectivity index (χ3n) is 1.50. The van der Waals surface area contributed by atoms with Gasteiger partial charge in [-0.15, -0.1) is 0 Å². The second-order valence-corrected chi connectivity index (χ2v) is 2.39. The van der Waals surface area contributed by atoms with Gasteiger partial charge in [0.15, 0.2) is 0 Å². The number of rotatable bonds is 1. The predicted octanol–water partition coefficient (Wildman–Crippen LogP) is 1.84. The molecule has 0 aromatic rings. The molecule has 1 saturated heterocycles. The van der Waals surface area contributed by atoms with Gasteiger partial charge in [-0.1, -0.05) is 6.58 Å². The Hall–Kier alpha value is -0.920. The van der Waals surface area contributed by atoms with E-state index in [1.807, 2.05) is 13.8 Å². The van der Waals surface area contributed by atoms with Crippen LogP contribution in [-0.2, 0) is 9.47 Å². The van der Waals surface area contributed by atoms with Gasteiger partial charge in [-0.25, -0.2) is 0 Å². The summed E-state index contributed by atoms with van der Waals surface area (Å²) in [6.45, 7) is 9.00. The van der Waals surface area contributed by atoms with Crippen LogP contribution in [-0.4, -0.2) is 13.2 Å². The second kappa shape index (κ2) is 2.78. The topological polar surface area (TPSA) is 18.5 Å². The van der Waals surface area contributed by atoms with E-state index in [-0.39, 0.29) is 0 Å². The zero-order valence-electron chi connectivity index (χ0n) is 6.44. The van der Waals surface area contributed by atoms with Crippen LogP contribution >= 0.6 is 0 Å². The van der Waals surface area contributed by atoms with Crippen molar-refractivity contribution >= 4 is 0 Å². The lowest BCUT2D eigenvalue weighted by Gasteiger charge is -2.02. The number of allylic oxidation sites excluding steroid dienone is 2. The Balaban J connectivity index is 2.73. The van der Waals surface area contributed by atoms with E-state index < -0.39 is 0 Å². The second-order valence-electron chi connectivity index (χ2n) is 2.39. The summed E-state index contributed by atoms with van der Waals surface area (Å²) in [5, 5.41) is 0. The third-order valence-corrected chi connectivity index (χ3v) is 1.50. The summed E-state index contributed by atoms with van der Waals surface area (Å²) in [5.41, 5.74) is 2.01. The van der Waals surface area contributed by atoms with Crippen molar-refractivity contribution in [1.82, 2.24) is 0 Å². The summed E-state index contributed by atoms with van der Waals surface area (Å²) >= 11 is 0. The van der Waals surface area contributed by atoms with Crippen molar-refractivity contribution < 1.29 is 9.47 Å². The van der Waals surface area contributed by atoms with E-state index in [0.717, 1.165) is 11.1 Å². The summed E-state index contributed by atoms with van der Waals surface area (Å²) < 4.78 is 10.3. The quantitative estimate of drug-likeness (QED) is 0.553. The molecule has 0 amide bonds.